The fourth-order valence-corrected chi connectivity index (χ4v) is 3.29. The number of rotatable bonds is 5. The van der Waals surface area contributed by atoms with Gasteiger partial charge in [0.05, 0.1) is 0 Å². The Kier molecular flexibility index (Phi) is 4.60. The van der Waals surface area contributed by atoms with Gasteiger partial charge in [0.2, 0.25) is 11.8 Å². The summed E-state index contributed by atoms with van der Waals surface area (Å²) in [7, 11) is 0. The third-order valence-corrected chi connectivity index (χ3v) is 4.93. The van der Waals surface area contributed by atoms with Crippen LogP contribution in [0.5, 0.6) is 0 Å². The molecule has 5 nitrogen and oxygen atoms in total. The Morgan fingerprint density at radius 2 is 1.96 bits per heavy atom. The van der Waals surface area contributed by atoms with Crippen LogP contribution < -0.4 is 10.2 Å². The van der Waals surface area contributed by atoms with Gasteiger partial charge in [-0.05, 0) is 37.5 Å². The number of nitrogens with one attached hydrogen (secondary N) is 1. The summed E-state index contributed by atoms with van der Waals surface area (Å²) in [6, 6.07) is 8.42. The molecule has 128 valence electrons. The van der Waals surface area contributed by atoms with Gasteiger partial charge in [-0.2, -0.15) is 0 Å². The van der Waals surface area contributed by atoms with Crippen LogP contribution >= 0.6 is 0 Å². The quantitative estimate of drug-likeness (QED) is 0.662. The van der Waals surface area contributed by atoms with Crippen molar-refractivity contribution in [1.82, 2.24) is 10.2 Å². The van der Waals surface area contributed by atoms with E-state index in [1.165, 1.54) is 11.3 Å². The maximum atomic E-state index is 12.8. The van der Waals surface area contributed by atoms with Gasteiger partial charge in [-0.3, -0.25) is 9.59 Å². The van der Waals surface area contributed by atoms with Crippen molar-refractivity contribution in [1.29, 1.82) is 0 Å². The Hall–Kier alpha value is -2.30. The number of anilines is 1. The van der Waals surface area contributed by atoms with E-state index in [1.807, 2.05) is 4.90 Å². The van der Waals surface area contributed by atoms with Crippen molar-refractivity contribution in [3.63, 3.8) is 0 Å². The highest BCUT2D eigenvalue weighted by Gasteiger charge is 2.57. The number of carbonyl (C=O) groups excluding carboxylic acids is 2. The Morgan fingerprint density at radius 3 is 2.54 bits per heavy atom. The summed E-state index contributed by atoms with van der Waals surface area (Å²) in [6.45, 7) is 9.04. The molecule has 1 aliphatic carbocycles. The molecule has 1 saturated carbocycles. The zero-order valence-corrected chi connectivity index (χ0v) is 14.3. The monoisotopic (exact) mass is 327 g/mol. The molecule has 0 spiro atoms. The molecule has 1 aliphatic heterocycles. The van der Waals surface area contributed by atoms with E-state index < -0.39 is 5.41 Å². The lowest BCUT2D eigenvalue weighted by atomic mass is 10.0. The van der Waals surface area contributed by atoms with Crippen LogP contribution in [0.15, 0.2) is 36.9 Å². The Morgan fingerprint density at radius 1 is 1.25 bits per heavy atom. The predicted molar refractivity (Wildman–Crippen MR) is 94.8 cm³/mol. The molecule has 2 amide bonds. The molecule has 1 heterocycles. The Labute approximate surface area is 143 Å². The first kappa shape index (κ1) is 16.6. The molecular weight excluding hydrogens is 302 g/mol. The summed E-state index contributed by atoms with van der Waals surface area (Å²) in [5.74, 6) is -0.151. The molecule has 0 unspecified atom stereocenters. The van der Waals surface area contributed by atoms with Gasteiger partial charge in [0, 0.05) is 38.4 Å². The molecular formula is C19H25N3O2. The lowest BCUT2D eigenvalue weighted by Gasteiger charge is -2.37. The number of nitrogens with zero attached hydrogens (tertiary/aromatic N) is 2. The normalized spacial score (nSPS) is 18.9. The molecule has 0 radical (unpaired) electrons. The lowest BCUT2D eigenvalue weighted by molar-refractivity contribution is -0.144. The van der Waals surface area contributed by atoms with E-state index in [0.717, 1.165) is 13.1 Å². The number of carbonyl (C=O) groups is 2. The first-order chi connectivity index (χ1) is 11.6. The summed E-state index contributed by atoms with van der Waals surface area (Å²) in [6.07, 6.45) is 2.96. The standard InChI is InChI=1S/C19H25N3O2/c1-3-9-20-17(23)19(7-8-19)18(24)22-12-10-21(11-13-22)16-6-4-5-15(2)14-16/h3-6,14H,1,7-13H2,2H3,(H,20,23). The maximum absolute atomic E-state index is 12.8. The smallest absolute Gasteiger partial charge is 0.238 e. The first-order valence-electron chi connectivity index (χ1n) is 8.57. The summed E-state index contributed by atoms with van der Waals surface area (Å²) >= 11 is 0. The Balaban J connectivity index is 1.59. The zero-order valence-electron chi connectivity index (χ0n) is 14.3. The van der Waals surface area contributed by atoms with Crippen molar-refractivity contribution in [2.45, 2.75) is 19.8 Å². The van der Waals surface area contributed by atoms with Gasteiger partial charge >= 0.3 is 0 Å². The van der Waals surface area contributed by atoms with Gasteiger partial charge in [-0.15, -0.1) is 6.58 Å². The number of hydrogen-bond acceptors (Lipinski definition) is 3. The van der Waals surface area contributed by atoms with Crippen LogP contribution in [0.4, 0.5) is 5.69 Å². The molecule has 3 rings (SSSR count). The van der Waals surface area contributed by atoms with Gasteiger partial charge in [0.25, 0.3) is 0 Å². The first-order valence-corrected chi connectivity index (χ1v) is 8.57. The minimum atomic E-state index is -0.811. The molecule has 1 N–H and O–H groups in total. The lowest BCUT2D eigenvalue weighted by Crippen LogP contribution is -2.53. The molecule has 1 aromatic carbocycles. The van der Waals surface area contributed by atoms with Crippen LogP contribution in [0, 0.1) is 12.3 Å². The van der Waals surface area contributed by atoms with Crippen LogP contribution in [0.1, 0.15) is 18.4 Å². The molecule has 2 fully saturated rings. The fourth-order valence-electron chi connectivity index (χ4n) is 3.29. The topological polar surface area (TPSA) is 52.7 Å². The minimum Gasteiger partial charge on any atom is -0.368 e. The summed E-state index contributed by atoms with van der Waals surface area (Å²) in [5, 5.41) is 2.78. The average molecular weight is 327 g/mol. The summed E-state index contributed by atoms with van der Waals surface area (Å²) < 4.78 is 0. The number of benzene rings is 1. The van der Waals surface area contributed by atoms with E-state index in [2.05, 4.69) is 48.0 Å². The van der Waals surface area contributed by atoms with Gasteiger partial charge < -0.3 is 15.1 Å². The molecule has 0 aromatic heterocycles. The largest absolute Gasteiger partial charge is 0.368 e. The van der Waals surface area contributed by atoms with Gasteiger partial charge in [0.1, 0.15) is 5.41 Å². The van der Waals surface area contributed by atoms with E-state index in [9.17, 15) is 9.59 Å². The SMILES string of the molecule is C=CCNC(=O)C1(C(=O)N2CCN(c3cccc(C)c3)CC2)CC1. The highest BCUT2D eigenvalue weighted by Crippen LogP contribution is 2.47. The van der Waals surface area contributed by atoms with Crippen molar-refractivity contribution in [2.75, 3.05) is 37.6 Å². The van der Waals surface area contributed by atoms with Crippen molar-refractivity contribution < 1.29 is 9.59 Å². The molecule has 24 heavy (non-hydrogen) atoms. The fraction of sp³-hybridized carbons (Fsp3) is 0.474. The second-order valence-corrected chi connectivity index (χ2v) is 6.70. The zero-order chi connectivity index (χ0) is 17.2. The van der Waals surface area contributed by atoms with Crippen LogP contribution in [0.2, 0.25) is 0 Å². The number of amides is 2. The van der Waals surface area contributed by atoms with Gasteiger partial charge in [-0.1, -0.05) is 18.2 Å². The van der Waals surface area contributed by atoms with E-state index >= 15 is 0 Å². The molecule has 2 aliphatic rings. The average Bonchev–Trinajstić information content (AvgIpc) is 3.41. The number of aryl methyl sites for hydroxylation is 1. The summed E-state index contributed by atoms with van der Waals surface area (Å²) in [5.41, 5.74) is 1.63. The second kappa shape index (κ2) is 6.67. The molecule has 1 saturated heterocycles. The third-order valence-electron chi connectivity index (χ3n) is 4.93. The highest BCUT2D eigenvalue weighted by molar-refractivity contribution is 6.08. The van der Waals surface area contributed by atoms with Crippen molar-refractivity contribution >= 4 is 17.5 Å². The molecule has 0 bridgehead atoms. The Bertz CT molecular complexity index is 644. The van der Waals surface area contributed by atoms with E-state index in [-0.39, 0.29) is 11.8 Å². The third kappa shape index (κ3) is 3.16. The van der Waals surface area contributed by atoms with Crippen molar-refractivity contribution in [3.8, 4) is 0 Å². The highest BCUT2D eigenvalue weighted by atomic mass is 16.2. The van der Waals surface area contributed by atoms with E-state index in [4.69, 9.17) is 0 Å². The van der Waals surface area contributed by atoms with Crippen LogP contribution in [0.25, 0.3) is 0 Å². The molecule has 0 atom stereocenters. The molecule has 1 aromatic rings. The van der Waals surface area contributed by atoms with Gasteiger partial charge in [0.15, 0.2) is 0 Å². The molecule has 5 heteroatoms. The van der Waals surface area contributed by atoms with Crippen LogP contribution in [-0.2, 0) is 9.59 Å². The minimum absolute atomic E-state index is 0.00652. The second-order valence-electron chi connectivity index (χ2n) is 6.70. The van der Waals surface area contributed by atoms with Crippen molar-refractivity contribution in [2.24, 2.45) is 5.41 Å². The number of piperazine rings is 1. The maximum Gasteiger partial charge on any atom is 0.238 e. The van der Waals surface area contributed by atoms with Gasteiger partial charge in [-0.25, -0.2) is 0 Å². The van der Waals surface area contributed by atoms with Crippen molar-refractivity contribution in [3.05, 3.63) is 42.5 Å². The number of hydrogen-bond donors (Lipinski definition) is 1. The summed E-state index contributed by atoms with van der Waals surface area (Å²) in [4.78, 5) is 29.2. The van der Waals surface area contributed by atoms with E-state index in [0.29, 0.717) is 32.5 Å². The predicted octanol–water partition coefficient (Wildman–Crippen LogP) is 1.73. The van der Waals surface area contributed by atoms with Crippen LogP contribution in [0.3, 0.4) is 0 Å². The van der Waals surface area contributed by atoms with Crippen LogP contribution in [-0.4, -0.2) is 49.4 Å². The van der Waals surface area contributed by atoms with E-state index in [1.54, 1.807) is 6.08 Å².